The lowest BCUT2D eigenvalue weighted by Crippen LogP contribution is -2.37. The third-order valence-corrected chi connectivity index (χ3v) is 4.88. The minimum atomic E-state index is -0.488. The monoisotopic (exact) mass is 290 g/mol. The number of rotatable bonds is 3. The number of benzene rings is 1. The molecule has 0 amide bonds. The summed E-state index contributed by atoms with van der Waals surface area (Å²) in [5.74, 6) is 0.0517. The van der Waals surface area contributed by atoms with Crippen LogP contribution < -0.4 is 4.90 Å². The van der Waals surface area contributed by atoms with Crippen molar-refractivity contribution in [3.8, 4) is 0 Å². The summed E-state index contributed by atoms with van der Waals surface area (Å²) in [5, 5.41) is 11.2. The summed E-state index contributed by atoms with van der Waals surface area (Å²) >= 11 is 0. The first-order valence-electron chi connectivity index (χ1n) is 7.15. The van der Waals surface area contributed by atoms with Gasteiger partial charge in [0.15, 0.2) is 0 Å². The number of fused-ring (bicyclic) bond motifs is 1. The summed E-state index contributed by atoms with van der Waals surface area (Å²) in [4.78, 5) is 25.0. The molecule has 2 fully saturated rings. The number of anilines is 1. The van der Waals surface area contributed by atoms with E-state index in [0.29, 0.717) is 18.8 Å². The number of nitro groups is 1. The lowest BCUT2D eigenvalue weighted by molar-refractivity contribution is -0.384. The second-order valence-electron chi connectivity index (χ2n) is 5.86. The number of hydrogen-bond acceptors (Lipinski definition) is 5. The quantitative estimate of drug-likeness (QED) is 0.485. The van der Waals surface area contributed by atoms with Crippen molar-refractivity contribution in [3.63, 3.8) is 0 Å². The molecule has 1 aromatic rings. The number of carbonyl (C=O) groups excluding carboxylic acids is 1. The molecule has 0 radical (unpaired) electrons. The molecule has 1 aliphatic carbocycles. The smallest absolute Gasteiger partial charge is 0.313 e. The van der Waals surface area contributed by atoms with E-state index in [2.05, 4.69) is 0 Å². The first-order chi connectivity index (χ1) is 10.1. The number of para-hydroxylation sites is 2. The molecule has 21 heavy (non-hydrogen) atoms. The minimum Gasteiger partial charge on any atom is -0.469 e. The van der Waals surface area contributed by atoms with Crippen LogP contribution >= 0.6 is 0 Å². The van der Waals surface area contributed by atoms with Crippen LogP contribution in [0.2, 0.25) is 0 Å². The summed E-state index contributed by atoms with van der Waals surface area (Å²) in [7, 11) is 1.42. The van der Waals surface area contributed by atoms with Gasteiger partial charge in [0.2, 0.25) is 0 Å². The van der Waals surface area contributed by atoms with Gasteiger partial charge in [-0.2, -0.15) is 0 Å². The van der Waals surface area contributed by atoms with Crippen molar-refractivity contribution in [1.29, 1.82) is 0 Å². The van der Waals surface area contributed by atoms with Gasteiger partial charge in [0.05, 0.1) is 17.4 Å². The van der Waals surface area contributed by atoms with Gasteiger partial charge >= 0.3 is 5.97 Å². The predicted molar refractivity (Wildman–Crippen MR) is 77.1 cm³/mol. The molecule has 6 nitrogen and oxygen atoms in total. The minimum absolute atomic E-state index is 0.0949. The van der Waals surface area contributed by atoms with Crippen molar-refractivity contribution in [2.75, 3.05) is 25.1 Å². The van der Waals surface area contributed by atoms with E-state index in [0.717, 1.165) is 19.3 Å². The van der Waals surface area contributed by atoms with Crippen LogP contribution in [0, 0.1) is 21.4 Å². The molecule has 2 unspecified atom stereocenters. The van der Waals surface area contributed by atoms with Crippen LogP contribution in [0.3, 0.4) is 0 Å². The third-order valence-electron chi connectivity index (χ3n) is 4.88. The SMILES string of the molecule is COC(=O)C12CCCC1CN(c1ccccc1[N+](=O)[O-])C2. The Morgan fingerprint density at radius 2 is 2.24 bits per heavy atom. The van der Waals surface area contributed by atoms with E-state index in [1.807, 2.05) is 4.90 Å². The zero-order valence-electron chi connectivity index (χ0n) is 11.9. The van der Waals surface area contributed by atoms with Crippen LogP contribution in [0.1, 0.15) is 19.3 Å². The van der Waals surface area contributed by atoms with E-state index >= 15 is 0 Å². The molecule has 1 aromatic carbocycles. The molecule has 1 saturated carbocycles. The summed E-state index contributed by atoms with van der Waals surface area (Å²) in [6.07, 6.45) is 2.80. The predicted octanol–water partition coefficient (Wildman–Crippen LogP) is 2.37. The zero-order chi connectivity index (χ0) is 15.0. The van der Waals surface area contributed by atoms with Crippen molar-refractivity contribution >= 4 is 17.3 Å². The van der Waals surface area contributed by atoms with Gasteiger partial charge in [-0.05, 0) is 24.8 Å². The van der Waals surface area contributed by atoms with Crippen molar-refractivity contribution in [3.05, 3.63) is 34.4 Å². The Kier molecular flexibility index (Phi) is 3.31. The highest BCUT2D eigenvalue weighted by Gasteiger charge is 2.56. The Hall–Kier alpha value is -2.11. The number of carbonyl (C=O) groups is 1. The van der Waals surface area contributed by atoms with Gasteiger partial charge in [-0.15, -0.1) is 0 Å². The number of methoxy groups -OCH3 is 1. The second-order valence-corrected chi connectivity index (χ2v) is 5.86. The van der Waals surface area contributed by atoms with Gasteiger partial charge in [0.1, 0.15) is 5.69 Å². The molecule has 1 heterocycles. The lowest BCUT2D eigenvalue weighted by atomic mass is 9.81. The summed E-state index contributed by atoms with van der Waals surface area (Å²) in [5.41, 5.74) is 0.205. The lowest BCUT2D eigenvalue weighted by Gasteiger charge is -2.25. The normalized spacial score (nSPS) is 27.5. The average molecular weight is 290 g/mol. The maximum Gasteiger partial charge on any atom is 0.313 e. The molecule has 3 rings (SSSR count). The van der Waals surface area contributed by atoms with Crippen LogP contribution in [-0.4, -0.2) is 31.1 Å². The zero-order valence-corrected chi connectivity index (χ0v) is 11.9. The Labute approximate surface area is 122 Å². The van der Waals surface area contributed by atoms with Crippen LogP contribution in [-0.2, 0) is 9.53 Å². The fraction of sp³-hybridized carbons (Fsp3) is 0.533. The van der Waals surface area contributed by atoms with Gasteiger partial charge in [0.25, 0.3) is 5.69 Å². The van der Waals surface area contributed by atoms with E-state index in [1.54, 1.807) is 18.2 Å². The third kappa shape index (κ3) is 2.05. The van der Waals surface area contributed by atoms with Crippen LogP contribution in [0.15, 0.2) is 24.3 Å². The molecular formula is C15H18N2O4. The van der Waals surface area contributed by atoms with E-state index in [-0.39, 0.29) is 22.5 Å². The Bertz CT molecular complexity index is 589. The molecule has 2 atom stereocenters. The molecule has 0 bridgehead atoms. The average Bonchev–Trinajstić information content (AvgIpc) is 3.04. The summed E-state index contributed by atoms with van der Waals surface area (Å²) in [6.45, 7) is 1.19. The molecule has 1 saturated heterocycles. The molecular weight excluding hydrogens is 272 g/mol. The number of ether oxygens (including phenoxy) is 1. The molecule has 2 aliphatic rings. The Morgan fingerprint density at radius 1 is 1.48 bits per heavy atom. The van der Waals surface area contributed by atoms with E-state index in [4.69, 9.17) is 4.74 Å². The summed E-state index contributed by atoms with van der Waals surface area (Å²) in [6, 6.07) is 6.72. The number of nitro benzene ring substituents is 1. The highest BCUT2D eigenvalue weighted by Crippen LogP contribution is 2.51. The van der Waals surface area contributed by atoms with Crippen molar-refractivity contribution in [2.45, 2.75) is 19.3 Å². The molecule has 0 N–H and O–H groups in total. The van der Waals surface area contributed by atoms with Crippen molar-refractivity contribution < 1.29 is 14.5 Å². The second kappa shape index (κ2) is 5.02. The molecule has 0 spiro atoms. The van der Waals surface area contributed by atoms with Crippen LogP contribution in [0.25, 0.3) is 0 Å². The Balaban J connectivity index is 1.94. The summed E-state index contributed by atoms with van der Waals surface area (Å²) < 4.78 is 5.00. The largest absolute Gasteiger partial charge is 0.469 e. The number of hydrogen-bond donors (Lipinski definition) is 0. The van der Waals surface area contributed by atoms with Gasteiger partial charge in [-0.1, -0.05) is 18.6 Å². The van der Waals surface area contributed by atoms with E-state index in [9.17, 15) is 14.9 Å². The van der Waals surface area contributed by atoms with E-state index in [1.165, 1.54) is 13.2 Å². The van der Waals surface area contributed by atoms with Crippen LogP contribution in [0.4, 0.5) is 11.4 Å². The van der Waals surface area contributed by atoms with Gasteiger partial charge in [-0.3, -0.25) is 14.9 Å². The fourth-order valence-corrected chi connectivity index (χ4v) is 3.90. The maximum atomic E-state index is 12.2. The maximum absolute atomic E-state index is 12.2. The fourth-order valence-electron chi connectivity index (χ4n) is 3.90. The number of esters is 1. The van der Waals surface area contributed by atoms with E-state index < -0.39 is 5.41 Å². The molecule has 6 heteroatoms. The first-order valence-corrected chi connectivity index (χ1v) is 7.15. The molecule has 1 aliphatic heterocycles. The van der Waals surface area contributed by atoms with Crippen LogP contribution in [0.5, 0.6) is 0 Å². The first kappa shape index (κ1) is 13.9. The topological polar surface area (TPSA) is 72.7 Å². The standard InChI is InChI=1S/C15H18N2O4/c1-21-14(18)15-8-4-5-11(15)9-16(10-15)12-6-2-3-7-13(12)17(19)20/h2-3,6-7,11H,4-5,8-10H2,1H3. The van der Waals surface area contributed by atoms with Gasteiger partial charge in [0, 0.05) is 19.2 Å². The van der Waals surface area contributed by atoms with Crippen molar-refractivity contribution in [1.82, 2.24) is 0 Å². The molecule has 0 aromatic heterocycles. The van der Waals surface area contributed by atoms with Gasteiger partial charge < -0.3 is 9.64 Å². The Morgan fingerprint density at radius 3 is 2.95 bits per heavy atom. The highest BCUT2D eigenvalue weighted by atomic mass is 16.6. The highest BCUT2D eigenvalue weighted by molar-refractivity contribution is 5.80. The van der Waals surface area contributed by atoms with Gasteiger partial charge in [-0.25, -0.2) is 0 Å². The molecule has 112 valence electrons. The van der Waals surface area contributed by atoms with Crippen molar-refractivity contribution in [2.24, 2.45) is 11.3 Å². The number of nitrogens with zero attached hydrogens (tertiary/aromatic N) is 2.